The Labute approximate surface area is 221 Å². The van der Waals surface area contributed by atoms with Crippen LogP contribution in [0.1, 0.15) is 119 Å². The van der Waals surface area contributed by atoms with E-state index in [0.717, 1.165) is 33.4 Å². The average molecular weight is 597 g/mol. The molecule has 1 N–H and O–H groups in total. The fourth-order valence-electron chi connectivity index (χ4n) is 5.22. The fourth-order valence-corrected chi connectivity index (χ4v) is 5.22. The van der Waals surface area contributed by atoms with Crippen molar-refractivity contribution in [3.63, 3.8) is 0 Å². The van der Waals surface area contributed by atoms with Crippen LogP contribution in [0.25, 0.3) is 0 Å². The number of hydrogen-bond acceptors (Lipinski definition) is 2. The monoisotopic (exact) mass is 595 g/mol. The molecule has 3 rings (SSSR count). The summed E-state index contributed by atoms with van der Waals surface area (Å²) in [6, 6.07) is 12.7. The summed E-state index contributed by atoms with van der Waals surface area (Å²) < 4.78 is 0. The van der Waals surface area contributed by atoms with Gasteiger partial charge >= 0.3 is 35.0 Å². The molecule has 2 aromatic rings. The normalized spacial score (nSPS) is 15.4. The third kappa shape index (κ3) is 5.62. The first-order chi connectivity index (χ1) is 15.9. The minimum atomic E-state index is -1.00. The Hall–Kier alpha value is -1.18. The number of rotatable bonds is 6. The van der Waals surface area contributed by atoms with Gasteiger partial charge in [0.2, 0.25) is 11.8 Å². The van der Waals surface area contributed by atoms with Crippen LogP contribution in [0.5, 0.6) is 0 Å². The van der Waals surface area contributed by atoms with E-state index in [9.17, 15) is 9.59 Å². The fraction of sp³-hybridized carbons (Fsp3) is 0.500. The van der Waals surface area contributed by atoms with Crippen molar-refractivity contribution in [2.75, 3.05) is 0 Å². The molecule has 3 nitrogen and oxygen atoms in total. The molecule has 0 spiro atoms. The molecule has 0 bridgehead atoms. The second kappa shape index (κ2) is 12.2. The van der Waals surface area contributed by atoms with Gasteiger partial charge in [0.25, 0.3) is 0 Å². The molecule has 2 aromatic carbocycles. The van der Waals surface area contributed by atoms with E-state index in [1.54, 1.807) is 0 Å². The molecule has 1 aliphatic rings. The summed E-state index contributed by atoms with van der Waals surface area (Å²) in [6.45, 7) is 17.4. The van der Waals surface area contributed by atoms with Gasteiger partial charge in [-0.3, -0.25) is 14.9 Å². The number of nitrogens with one attached hydrogen (secondary N) is 1. The molecule has 190 valence electrons. The molecule has 1 fully saturated rings. The Morgan fingerprint density at radius 3 is 1.21 bits per heavy atom. The van der Waals surface area contributed by atoms with Gasteiger partial charge in [0.05, 0.1) is 0 Å². The van der Waals surface area contributed by atoms with E-state index in [2.05, 4.69) is 97.1 Å². The molecule has 0 atom stereocenters. The number of carbonyl (C=O) groups excluding carboxylic acids is 2. The van der Waals surface area contributed by atoms with Crippen LogP contribution >= 0.6 is 19.1 Å². The van der Waals surface area contributed by atoms with Gasteiger partial charge in [0, 0.05) is 6.42 Å². The standard InChI is InChI=1S/C28H37NO2.2ClH.Pd/c1-16(2)20-11-9-12-21(17(3)4)25(20)28(15-24(30)29-27(28)31)26-22(18(5)6)13-10-14-23(26)19(7)8;;;/h9-14,16-19H,15H2,1-8H3,(H,29,30,31);2*1H;/q;;;+2/p-2. The third-order valence-corrected chi connectivity index (χ3v) is 6.67. The Morgan fingerprint density at radius 2 is 1.00 bits per heavy atom. The van der Waals surface area contributed by atoms with Crippen LogP contribution in [0.4, 0.5) is 0 Å². The maximum absolute atomic E-state index is 13.9. The second-order valence-corrected chi connectivity index (χ2v) is 12.6. The van der Waals surface area contributed by atoms with E-state index in [4.69, 9.17) is 19.1 Å². The summed E-state index contributed by atoms with van der Waals surface area (Å²) in [7, 11) is 9.63. The molecule has 0 saturated carbocycles. The predicted molar refractivity (Wildman–Crippen MR) is 139 cm³/mol. The van der Waals surface area contributed by atoms with Crippen molar-refractivity contribution in [3.05, 3.63) is 69.8 Å². The van der Waals surface area contributed by atoms with Crippen molar-refractivity contribution in [1.29, 1.82) is 0 Å². The van der Waals surface area contributed by atoms with Crippen LogP contribution in [0.15, 0.2) is 36.4 Å². The van der Waals surface area contributed by atoms with Gasteiger partial charge in [-0.15, -0.1) is 0 Å². The summed E-state index contributed by atoms with van der Waals surface area (Å²) in [6.07, 6.45) is 0.165. The van der Waals surface area contributed by atoms with Crippen LogP contribution in [-0.2, 0) is 30.9 Å². The Morgan fingerprint density at radius 1 is 0.706 bits per heavy atom. The van der Waals surface area contributed by atoms with Gasteiger partial charge in [0.15, 0.2) is 0 Å². The number of carbonyl (C=O) groups is 2. The SMILES string of the molecule is CC(C)c1cccc(C(C)C)c1C1(c2c(C(C)C)cccc2C(C)C)CC(=O)NC1=O.[Cl][Pd][Cl]. The summed E-state index contributed by atoms with van der Waals surface area (Å²) in [5.74, 6) is 0.588. The predicted octanol–water partition coefficient (Wildman–Crippen LogP) is 7.89. The van der Waals surface area contributed by atoms with Gasteiger partial charge < -0.3 is 0 Å². The number of amides is 2. The van der Waals surface area contributed by atoms with E-state index in [1.165, 1.54) is 0 Å². The zero-order valence-electron chi connectivity index (χ0n) is 21.4. The van der Waals surface area contributed by atoms with Crippen LogP contribution < -0.4 is 5.32 Å². The second-order valence-electron chi connectivity index (χ2n) is 10.2. The zero-order chi connectivity index (χ0) is 25.8. The summed E-state index contributed by atoms with van der Waals surface area (Å²) in [4.78, 5) is 26.7. The summed E-state index contributed by atoms with van der Waals surface area (Å²) >= 11 is -0.106. The van der Waals surface area contributed by atoms with Crippen molar-refractivity contribution < 1.29 is 25.5 Å². The molecule has 0 aromatic heterocycles. The first-order valence-corrected chi connectivity index (χ1v) is 15.9. The Kier molecular flexibility index (Phi) is 10.4. The molecule has 0 unspecified atom stereocenters. The van der Waals surface area contributed by atoms with Crippen LogP contribution in [-0.4, -0.2) is 11.8 Å². The van der Waals surface area contributed by atoms with Crippen LogP contribution in [0, 0.1) is 0 Å². The van der Waals surface area contributed by atoms with E-state index < -0.39 is 5.41 Å². The van der Waals surface area contributed by atoms with Crippen LogP contribution in [0.2, 0.25) is 0 Å². The van der Waals surface area contributed by atoms with Crippen molar-refractivity contribution in [3.8, 4) is 0 Å². The first kappa shape index (κ1) is 29.1. The molecule has 0 aliphatic carbocycles. The summed E-state index contributed by atoms with van der Waals surface area (Å²) in [5.41, 5.74) is 5.71. The van der Waals surface area contributed by atoms with Crippen molar-refractivity contribution in [2.24, 2.45) is 0 Å². The van der Waals surface area contributed by atoms with E-state index in [0.29, 0.717) is 0 Å². The number of imide groups is 1. The molecule has 0 radical (unpaired) electrons. The van der Waals surface area contributed by atoms with E-state index >= 15 is 0 Å². The number of halogens is 2. The Balaban J connectivity index is 0.00000129. The van der Waals surface area contributed by atoms with Crippen molar-refractivity contribution in [2.45, 2.75) is 90.9 Å². The molecule has 2 amide bonds. The van der Waals surface area contributed by atoms with Gasteiger partial charge in [-0.2, -0.15) is 0 Å². The van der Waals surface area contributed by atoms with E-state index in [-0.39, 0.29) is 57.8 Å². The molecular weight excluding hydrogens is 560 g/mol. The van der Waals surface area contributed by atoms with Crippen molar-refractivity contribution >= 4 is 30.9 Å². The minimum absolute atomic E-state index is 0.106. The van der Waals surface area contributed by atoms with Gasteiger partial charge in [0.1, 0.15) is 5.41 Å². The molecular formula is C28H37Cl2NO2Pd. The topological polar surface area (TPSA) is 46.2 Å². The number of hydrogen-bond donors (Lipinski definition) is 1. The third-order valence-electron chi connectivity index (χ3n) is 6.67. The first-order valence-electron chi connectivity index (χ1n) is 11.9. The maximum atomic E-state index is 13.9. The zero-order valence-corrected chi connectivity index (χ0v) is 24.4. The molecule has 1 aliphatic heterocycles. The van der Waals surface area contributed by atoms with Crippen LogP contribution in [0.3, 0.4) is 0 Å². The van der Waals surface area contributed by atoms with Gasteiger partial charge in [-0.1, -0.05) is 91.8 Å². The Bertz CT molecular complexity index is 915. The van der Waals surface area contributed by atoms with Gasteiger partial charge in [-0.05, 0) is 57.1 Å². The average Bonchev–Trinajstić information content (AvgIpc) is 3.07. The molecule has 1 saturated heterocycles. The summed E-state index contributed by atoms with van der Waals surface area (Å²) in [5, 5.41) is 2.69. The van der Waals surface area contributed by atoms with Crippen molar-refractivity contribution in [1.82, 2.24) is 5.32 Å². The molecule has 34 heavy (non-hydrogen) atoms. The molecule has 6 heteroatoms. The molecule has 1 heterocycles. The number of benzene rings is 2. The van der Waals surface area contributed by atoms with E-state index in [1.807, 2.05) is 0 Å². The van der Waals surface area contributed by atoms with Gasteiger partial charge in [-0.25, -0.2) is 0 Å². The quantitative estimate of drug-likeness (QED) is 0.272.